The highest BCUT2D eigenvalue weighted by atomic mass is 35.5. The molecule has 7 nitrogen and oxygen atoms in total. The number of rotatable bonds is 4. The number of nitrogens with one attached hydrogen (secondary N) is 1. The highest BCUT2D eigenvalue weighted by Crippen LogP contribution is 2.46. The molecule has 9 heteroatoms. The first-order valence-electron chi connectivity index (χ1n) is 8.23. The first-order valence-corrected chi connectivity index (χ1v) is 10.1. The summed E-state index contributed by atoms with van der Waals surface area (Å²) in [4.78, 5) is 8.54. The molecule has 0 bridgehead atoms. The van der Waals surface area contributed by atoms with Gasteiger partial charge in [0.1, 0.15) is 10.0 Å². The summed E-state index contributed by atoms with van der Waals surface area (Å²) in [7, 11) is -2.15. The van der Waals surface area contributed by atoms with Gasteiger partial charge in [-0.3, -0.25) is 4.68 Å². The molecule has 25 heavy (non-hydrogen) atoms. The molecular formula is C16H22ClN5O2S. The molecule has 0 radical (unpaired) electrons. The van der Waals surface area contributed by atoms with Crippen LogP contribution in [-0.2, 0) is 17.1 Å². The third-order valence-electron chi connectivity index (χ3n) is 4.80. The number of aromatic nitrogens is 4. The Morgan fingerprint density at radius 1 is 1.32 bits per heavy atom. The summed E-state index contributed by atoms with van der Waals surface area (Å²) in [6.07, 6.45) is 7.14. The van der Waals surface area contributed by atoms with Gasteiger partial charge in [0.25, 0.3) is 10.0 Å². The van der Waals surface area contributed by atoms with Crippen molar-refractivity contribution in [2.75, 3.05) is 4.72 Å². The molecule has 2 aromatic heterocycles. The van der Waals surface area contributed by atoms with E-state index in [0.29, 0.717) is 0 Å². The van der Waals surface area contributed by atoms with Gasteiger partial charge in [-0.05, 0) is 24.3 Å². The maximum absolute atomic E-state index is 12.5. The third kappa shape index (κ3) is 3.95. The lowest BCUT2D eigenvalue weighted by atomic mass is 9.67. The van der Waals surface area contributed by atoms with Crippen LogP contribution in [0.3, 0.4) is 0 Å². The number of anilines is 1. The van der Waals surface area contributed by atoms with Gasteiger partial charge in [-0.15, -0.1) is 0 Å². The van der Waals surface area contributed by atoms with Crippen LogP contribution in [0.5, 0.6) is 0 Å². The van der Waals surface area contributed by atoms with Crippen molar-refractivity contribution in [3.8, 4) is 0 Å². The summed E-state index contributed by atoms with van der Waals surface area (Å²) in [6, 6.07) is 1.74. The molecule has 1 aliphatic rings. The maximum Gasteiger partial charge on any atom is 0.267 e. The molecule has 1 saturated carbocycles. The third-order valence-corrected chi connectivity index (χ3v) is 6.27. The van der Waals surface area contributed by atoms with Crippen LogP contribution in [0.15, 0.2) is 23.4 Å². The molecule has 136 valence electrons. The molecule has 1 unspecified atom stereocenters. The van der Waals surface area contributed by atoms with E-state index in [9.17, 15) is 8.42 Å². The highest BCUT2D eigenvalue weighted by molar-refractivity contribution is 7.92. The second-order valence-corrected chi connectivity index (χ2v) is 9.25. The van der Waals surface area contributed by atoms with Crippen LogP contribution in [0.25, 0.3) is 0 Å². The van der Waals surface area contributed by atoms with E-state index in [1.807, 2.05) is 0 Å². The molecule has 2 aromatic rings. The largest absolute Gasteiger partial charge is 0.274 e. The van der Waals surface area contributed by atoms with E-state index in [-0.39, 0.29) is 27.3 Å². The van der Waals surface area contributed by atoms with Gasteiger partial charge in [0, 0.05) is 19.2 Å². The molecule has 0 spiro atoms. The van der Waals surface area contributed by atoms with Crippen LogP contribution in [0, 0.1) is 5.41 Å². The fourth-order valence-electron chi connectivity index (χ4n) is 3.42. The topological polar surface area (TPSA) is 89.8 Å². The van der Waals surface area contributed by atoms with Crippen molar-refractivity contribution in [2.24, 2.45) is 12.5 Å². The van der Waals surface area contributed by atoms with Gasteiger partial charge < -0.3 is 0 Å². The summed E-state index contributed by atoms with van der Waals surface area (Å²) < 4.78 is 28.7. The molecule has 0 aromatic carbocycles. The average Bonchev–Trinajstić information content (AvgIpc) is 2.93. The molecule has 3 rings (SSSR count). The number of nitrogens with zero attached hydrogens (tertiary/aromatic N) is 4. The number of aryl methyl sites for hydroxylation is 1. The Labute approximate surface area is 152 Å². The fraction of sp³-hybridized carbons (Fsp3) is 0.562. The zero-order valence-electron chi connectivity index (χ0n) is 14.5. The van der Waals surface area contributed by atoms with E-state index in [4.69, 9.17) is 11.6 Å². The Bertz CT molecular complexity index is 878. The lowest BCUT2D eigenvalue weighted by molar-refractivity contribution is 0.196. The van der Waals surface area contributed by atoms with Crippen LogP contribution >= 0.6 is 11.6 Å². The monoisotopic (exact) mass is 383 g/mol. The number of hydrogen-bond acceptors (Lipinski definition) is 5. The smallest absolute Gasteiger partial charge is 0.267 e. The van der Waals surface area contributed by atoms with Crippen molar-refractivity contribution >= 4 is 27.6 Å². The number of halogens is 1. The first-order chi connectivity index (χ1) is 11.7. The Hall–Kier alpha value is -1.67. The summed E-state index contributed by atoms with van der Waals surface area (Å²) in [5, 5.41) is 4.11. The molecule has 1 fully saturated rings. The summed E-state index contributed by atoms with van der Waals surface area (Å²) in [5.74, 6) is 0.219. The maximum atomic E-state index is 12.5. The van der Waals surface area contributed by atoms with E-state index in [1.165, 1.54) is 23.5 Å². The lowest BCUT2D eigenvalue weighted by Crippen LogP contribution is -2.27. The Kier molecular flexibility index (Phi) is 4.76. The quantitative estimate of drug-likeness (QED) is 0.817. The van der Waals surface area contributed by atoms with Gasteiger partial charge in [0.05, 0.1) is 11.9 Å². The molecule has 0 aliphatic heterocycles. The molecule has 0 amide bonds. The van der Waals surface area contributed by atoms with Gasteiger partial charge in [-0.2, -0.15) is 5.10 Å². The van der Waals surface area contributed by atoms with E-state index >= 15 is 0 Å². The van der Waals surface area contributed by atoms with E-state index in [2.05, 4.69) is 33.6 Å². The van der Waals surface area contributed by atoms with Crippen molar-refractivity contribution in [1.82, 2.24) is 19.7 Å². The van der Waals surface area contributed by atoms with Crippen molar-refractivity contribution in [3.05, 3.63) is 29.3 Å². The van der Waals surface area contributed by atoms with Crippen molar-refractivity contribution in [3.63, 3.8) is 0 Å². The van der Waals surface area contributed by atoms with Crippen LogP contribution in [0.4, 0.5) is 5.95 Å². The van der Waals surface area contributed by atoms with E-state index < -0.39 is 10.0 Å². The lowest BCUT2D eigenvalue weighted by Gasteiger charge is -2.38. The SMILES string of the molecule is Cn1cc(S(=O)(=O)Nc2nc(Cl)cc(C3CCCCC3(C)C)n2)cn1. The molecule has 2 heterocycles. The van der Waals surface area contributed by atoms with Crippen molar-refractivity contribution in [2.45, 2.75) is 50.3 Å². The predicted molar refractivity (Wildman–Crippen MR) is 96.0 cm³/mol. The summed E-state index contributed by atoms with van der Waals surface area (Å²) in [5.41, 5.74) is 0.878. The molecule has 1 atom stereocenters. The number of hydrogen-bond donors (Lipinski definition) is 1. The second kappa shape index (κ2) is 6.57. The van der Waals surface area contributed by atoms with Gasteiger partial charge in [-0.25, -0.2) is 23.1 Å². The van der Waals surface area contributed by atoms with Crippen LogP contribution < -0.4 is 4.72 Å². The van der Waals surface area contributed by atoms with Crippen molar-refractivity contribution in [1.29, 1.82) is 0 Å². The Morgan fingerprint density at radius 3 is 2.72 bits per heavy atom. The van der Waals surface area contributed by atoms with Crippen LogP contribution in [-0.4, -0.2) is 28.2 Å². The molecular weight excluding hydrogens is 362 g/mol. The van der Waals surface area contributed by atoms with Crippen LogP contribution in [0.1, 0.15) is 51.1 Å². The van der Waals surface area contributed by atoms with Gasteiger partial charge >= 0.3 is 0 Å². The zero-order chi connectivity index (χ0) is 18.2. The van der Waals surface area contributed by atoms with Crippen LogP contribution in [0.2, 0.25) is 5.15 Å². The minimum absolute atomic E-state index is 0.00673. The average molecular weight is 384 g/mol. The Balaban J connectivity index is 1.92. The standard InChI is InChI=1S/C16H22ClN5O2S/c1-16(2)7-5-4-6-12(16)13-8-14(17)20-15(19-13)21-25(23,24)11-9-18-22(3)10-11/h8-10,12H,4-7H2,1-3H3,(H,19,20,21). The zero-order valence-corrected chi connectivity index (χ0v) is 16.1. The fourth-order valence-corrected chi connectivity index (χ4v) is 4.54. The summed E-state index contributed by atoms with van der Waals surface area (Å²) in [6.45, 7) is 4.43. The van der Waals surface area contributed by atoms with Crippen molar-refractivity contribution < 1.29 is 8.42 Å². The second-order valence-electron chi connectivity index (χ2n) is 7.18. The Morgan fingerprint density at radius 2 is 2.08 bits per heavy atom. The highest BCUT2D eigenvalue weighted by Gasteiger charge is 2.34. The predicted octanol–water partition coefficient (Wildman–Crippen LogP) is 3.35. The van der Waals surface area contributed by atoms with E-state index in [1.54, 1.807) is 13.1 Å². The van der Waals surface area contributed by atoms with E-state index in [0.717, 1.165) is 25.0 Å². The van der Waals surface area contributed by atoms with Gasteiger partial charge in [0.2, 0.25) is 5.95 Å². The minimum Gasteiger partial charge on any atom is -0.274 e. The number of sulfonamides is 1. The van der Waals surface area contributed by atoms with Gasteiger partial charge in [0.15, 0.2) is 0 Å². The summed E-state index contributed by atoms with van der Waals surface area (Å²) >= 11 is 6.14. The molecule has 1 N–H and O–H groups in total. The minimum atomic E-state index is -3.80. The molecule has 1 aliphatic carbocycles. The normalized spacial score (nSPS) is 20.4. The first kappa shape index (κ1) is 18.1. The molecule has 0 saturated heterocycles. The van der Waals surface area contributed by atoms with Gasteiger partial charge in [-0.1, -0.05) is 38.3 Å².